The van der Waals surface area contributed by atoms with Crippen LogP contribution in [0.5, 0.6) is 17.2 Å². The smallest absolute Gasteiger partial charge is 0.243 e. The largest absolute Gasteiger partial charge is 0.493 e. The fraction of sp³-hybridized carbons (Fsp3) is 0.389. The molecule has 1 aliphatic rings. The van der Waals surface area contributed by atoms with Crippen molar-refractivity contribution < 1.29 is 19.0 Å². The van der Waals surface area contributed by atoms with Gasteiger partial charge < -0.3 is 24.8 Å². The van der Waals surface area contributed by atoms with Crippen LogP contribution in [0, 0.1) is 20.8 Å². The maximum absolute atomic E-state index is 12.6. The molecule has 5 rings (SSSR count). The first-order chi connectivity index (χ1) is 21.9. The maximum atomic E-state index is 12.6. The average Bonchev–Trinajstić information content (AvgIpc) is 3.05. The van der Waals surface area contributed by atoms with Crippen LogP contribution in [0.3, 0.4) is 0 Å². The molecule has 4 aromatic rings. The van der Waals surface area contributed by atoms with Crippen LogP contribution in [0.2, 0.25) is 0 Å². The number of hydrogen-bond acceptors (Lipinski definition) is 8. The van der Waals surface area contributed by atoms with E-state index in [1.807, 2.05) is 39.0 Å². The standard InChI is InChI=1S/C36H43N5O4/c1-23-24(2)40-31(25(3)39-23)22-45-36-32(43-4)20-26(21-33(36)44-5)16-17-34(42)37-18-10-11-19-38-35-27-12-6-8-14-29(27)41-30-15-9-7-13-28(30)35/h6,8,12,14,16-17,20-21H,7,9-11,13,15,18-19,22H2,1-5H3,(H,37,42)(H,38,41)/b17-16+. The number of fused-ring (bicyclic) bond motifs is 2. The molecule has 236 valence electrons. The number of amides is 1. The third-order valence-corrected chi connectivity index (χ3v) is 8.22. The molecule has 0 saturated carbocycles. The number of rotatable bonds is 13. The third-order valence-electron chi connectivity index (χ3n) is 8.22. The maximum Gasteiger partial charge on any atom is 0.243 e. The van der Waals surface area contributed by atoms with Gasteiger partial charge in [0.15, 0.2) is 11.5 Å². The van der Waals surface area contributed by atoms with Crippen molar-refractivity contribution in [2.24, 2.45) is 0 Å². The number of hydrogen-bond donors (Lipinski definition) is 2. The molecule has 45 heavy (non-hydrogen) atoms. The van der Waals surface area contributed by atoms with E-state index in [1.165, 1.54) is 41.2 Å². The molecule has 0 fully saturated rings. The van der Waals surface area contributed by atoms with Crippen LogP contribution in [0.15, 0.2) is 42.5 Å². The van der Waals surface area contributed by atoms with Crippen LogP contribution in [-0.4, -0.2) is 48.2 Å². The molecule has 2 heterocycles. The summed E-state index contributed by atoms with van der Waals surface area (Å²) in [5, 5.41) is 7.87. The summed E-state index contributed by atoms with van der Waals surface area (Å²) >= 11 is 0. The van der Waals surface area contributed by atoms with Gasteiger partial charge in [-0.05, 0) is 94.7 Å². The van der Waals surface area contributed by atoms with E-state index in [9.17, 15) is 4.79 Å². The van der Waals surface area contributed by atoms with E-state index in [2.05, 4.69) is 38.8 Å². The summed E-state index contributed by atoms with van der Waals surface area (Å²) < 4.78 is 17.3. The van der Waals surface area contributed by atoms with Crippen LogP contribution >= 0.6 is 0 Å². The topological polar surface area (TPSA) is 107 Å². The Morgan fingerprint density at radius 1 is 0.889 bits per heavy atom. The summed E-state index contributed by atoms with van der Waals surface area (Å²) in [6.07, 6.45) is 9.62. The molecule has 0 spiro atoms. The third kappa shape index (κ3) is 7.71. The van der Waals surface area contributed by atoms with Gasteiger partial charge in [-0.15, -0.1) is 0 Å². The first kappa shape index (κ1) is 31.8. The molecular formula is C36H43N5O4. The Kier molecular flexibility index (Phi) is 10.5. The summed E-state index contributed by atoms with van der Waals surface area (Å²) in [5.41, 5.74) is 8.99. The van der Waals surface area contributed by atoms with Gasteiger partial charge in [-0.3, -0.25) is 19.7 Å². The molecule has 2 aromatic heterocycles. The number of para-hydroxylation sites is 1. The zero-order valence-corrected chi connectivity index (χ0v) is 27.0. The minimum Gasteiger partial charge on any atom is -0.493 e. The molecule has 0 bridgehead atoms. The number of pyridine rings is 1. The fourth-order valence-electron chi connectivity index (χ4n) is 5.66. The van der Waals surface area contributed by atoms with Crippen LogP contribution < -0.4 is 24.8 Å². The van der Waals surface area contributed by atoms with Crippen molar-refractivity contribution in [3.63, 3.8) is 0 Å². The van der Waals surface area contributed by atoms with Crippen molar-refractivity contribution in [3.05, 3.63) is 82.1 Å². The SMILES string of the molecule is COc1cc(/C=C/C(=O)NCCCCNc2c3c(nc4ccccc24)CCCC3)cc(OC)c1OCc1nc(C)c(C)nc1C. The second kappa shape index (κ2) is 14.9. The lowest BCUT2D eigenvalue weighted by Crippen LogP contribution is -2.22. The normalized spacial score (nSPS) is 12.6. The monoisotopic (exact) mass is 609 g/mol. The second-order valence-corrected chi connectivity index (χ2v) is 11.4. The van der Waals surface area contributed by atoms with Gasteiger partial charge in [0.25, 0.3) is 0 Å². The molecule has 2 N–H and O–H groups in total. The molecule has 0 aliphatic heterocycles. The number of benzene rings is 2. The Morgan fingerprint density at radius 2 is 1.60 bits per heavy atom. The number of anilines is 1. The van der Waals surface area contributed by atoms with Crippen molar-refractivity contribution in [1.82, 2.24) is 20.3 Å². The van der Waals surface area contributed by atoms with Crippen LogP contribution in [0.4, 0.5) is 5.69 Å². The van der Waals surface area contributed by atoms with Gasteiger partial charge in [0.05, 0.1) is 42.5 Å². The van der Waals surface area contributed by atoms with E-state index in [0.29, 0.717) is 23.8 Å². The Labute approximate surface area is 265 Å². The molecule has 2 aromatic carbocycles. The highest BCUT2D eigenvalue weighted by molar-refractivity contribution is 5.93. The highest BCUT2D eigenvalue weighted by atomic mass is 16.5. The lowest BCUT2D eigenvalue weighted by Gasteiger charge is -2.21. The quantitative estimate of drug-likeness (QED) is 0.132. The van der Waals surface area contributed by atoms with Gasteiger partial charge in [0.2, 0.25) is 11.7 Å². The molecule has 1 amide bonds. The number of carbonyl (C=O) groups excluding carboxylic acids is 1. The summed E-state index contributed by atoms with van der Waals surface area (Å²) in [6.45, 7) is 7.45. The van der Waals surface area contributed by atoms with Crippen molar-refractivity contribution in [2.75, 3.05) is 32.6 Å². The number of nitrogens with zero attached hydrogens (tertiary/aromatic N) is 3. The highest BCUT2D eigenvalue weighted by Crippen LogP contribution is 2.39. The van der Waals surface area contributed by atoms with Crippen LogP contribution in [0.25, 0.3) is 17.0 Å². The predicted octanol–water partition coefficient (Wildman–Crippen LogP) is 6.45. The molecule has 0 radical (unpaired) electrons. The van der Waals surface area contributed by atoms with Gasteiger partial charge in [-0.2, -0.15) is 0 Å². The van der Waals surface area contributed by atoms with Crippen molar-refractivity contribution >= 4 is 28.6 Å². The number of unbranched alkanes of at least 4 members (excludes halogenated alkanes) is 1. The first-order valence-electron chi connectivity index (χ1n) is 15.7. The number of ether oxygens (including phenoxy) is 3. The van der Waals surface area contributed by atoms with Gasteiger partial charge in [0.1, 0.15) is 6.61 Å². The number of aromatic nitrogens is 3. The van der Waals surface area contributed by atoms with E-state index >= 15 is 0 Å². The summed E-state index contributed by atoms with van der Waals surface area (Å²) in [4.78, 5) is 26.7. The summed E-state index contributed by atoms with van der Waals surface area (Å²) in [7, 11) is 3.15. The molecule has 9 nitrogen and oxygen atoms in total. The molecule has 1 aliphatic carbocycles. The zero-order valence-electron chi connectivity index (χ0n) is 27.0. The molecule has 0 saturated heterocycles. The van der Waals surface area contributed by atoms with Gasteiger partial charge in [0, 0.05) is 35.9 Å². The fourth-order valence-corrected chi connectivity index (χ4v) is 5.66. The second-order valence-electron chi connectivity index (χ2n) is 11.4. The van der Waals surface area contributed by atoms with Crippen molar-refractivity contribution in [1.29, 1.82) is 0 Å². The van der Waals surface area contributed by atoms with E-state index in [4.69, 9.17) is 19.2 Å². The van der Waals surface area contributed by atoms with E-state index in [-0.39, 0.29) is 12.5 Å². The highest BCUT2D eigenvalue weighted by Gasteiger charge is 2.18. The summed E-state index contributed by atoms with van der Waals surface area (Å²) in [6, 6.07) is 12.0. The number of methoxy groups -OCH3 is 2. The Balaban J connectivity index is 1.12. The molecule has 9 heteroatoms. The molecule has 0 atom stereocenters. The number of aryl methyl sites for hydroxylation is 4. The van der Waals surface area contributed by atoms with Crippen molar-refractivity contribution in [3.8, 4) is 17.2 Å². The summed E-state index contributed by atoms with van der Waals surface area (Å²) in [5.74, 6) is 1.31. The Hall–Kier alpha value is -4.66. The molecule has 0 unspecified atom stereocenters. The van der Waals surface area contributed by atoms with E-state index in [0.717, 1.165) is 66.1 Å². The van der Waals surface area contributed by atoms with E-state index in [1.54, 1.807) is 20.3 Å². The van der Waals surface area contributed by atoms with E-state index < -0.39 is 0 Å². The first-order valence-corrected chi connectivity index (χ1v) is 15.7. The van der Waals surface area contributed by atoms with Gasteiger partial charge in [-0.1, -0.05) is 18.2 Å². The van der Waals surface area contributed by atoms with Gasteiger partial charge >= 0.3 is 0 Å². The number of carbonyl (C=O) groups is 1. The Bertz CT molecular complexity index is 1680. The average molecular weight is 610 g/mol. The Morgan fingerprint density at radius 3 is 2.38 bits per heavy atom. The minimum absolute atomic E-state index is 0.154. The number of nitrogens with one attached hydrogen (secondary N) is 2. The van der Waals surface area contributed by atoms with Crippen LogP contribution in [-0.2, 0) is 24.2 Å². The predicted molar refractivity (Wildman–Crippen MR) is 178 cm³/mol. The lowest BCUT2D eigenvalue weighted by molar-refractivity contribution is -0.116. The van der Waals surface area contributed by atoms with Crippen LogP contribution in [0.1, 0.15) is 65.3 Å². The van der Waals surface area contributed by atoms with Gasteiger partial charge in [-0.25, -0.2) is 0 Å². The lowest BCUT2D eigenvalue weighted by atomic mass is 9.92. The minimum atomic E-state index is -0.154. The zero-order chi connectivity index (χ0) is 31.8. The van der Waals surface area contributed by atoms with Crippen molar-refractivity contribution in [2.45, 2.75) is 65.9 Å². The molecular weight excluding hydrogens is 566 g/mol.